The first-order valence-corrected chi connectivity index (χ1v) is 9.37. The Balaban J connectivity index is 1.42. The lowest BCUT2D eigenvalue weighted by molar-refractivity contribution is -0.137. The maximum absolute atomic E-state index is 12.8. The van der Waals surface area contributed by atoms with E-state index in [0.29, 0.717) is 18.7 Å². The summed E-state index contributed by atoms with van der Waals surface area (Å²) in [7, 11) is 0. The molecule has 0 spiro atoms. The molecule has 8 heteroatoms. The number of aromatic nitrogens is 2. The highest BCUT2D eigenvalue weighted by molar-refractivity contribution is 7.00. The number of ether oxygens (including phenoxy) is 1. The number of hydrogen-bond donors (Lipinski definition) is 1. The number of carbonyl (C=O) groups is 2. The Morgan fingerprint density at radius 3 is 2.84 bits per heavy atom. The Labute approximate surface area is 149 Å². The molecule has 25 heavy (non-hydrogen) atoms. The first kappa shape index (κ1) is 16.4. The van der Waals surface area contributed by atoms with Crippen molar-refractivity contribution in [2.45, 2.75) is 37.8 Å². The molecule has 1 N–H and O–H groups in total. The van der Waals surface area contributed by atoms with Crippen molar-refractivity contribution < 1.29 is 14.3 Å². The van der Waals surface area contributed by atoms with Crippen LogP contribution in [0.3, 0.4) is 0 Å². The summed E-state index contributed by atoms with van der Waals surface area (Å²) in [5.41, 5.74) is 2.08. The van der Waals surface area contributed by atoms with Crippen LogP contribution in [-0.2, 0) is 9.53 Å². The first-order chi connectivity index (χ1) is 12.2. The Bertz CT molecular complexity index is 787. The van der Waals surface area contributed by atoms with Gasteiger partial charge in [-0.2, -0.15) is 8.75 Å². The minimum absolute atomic E-state index is 0.100. The fourth-order valence-electron chi connectivity index (χ4n) is 3.45. The van der Waals surface area contributed by atoms with Crippen molar-refractivity contribution in [2.24, 2.45) is 0 Å². The molecule has 1 saturated heterocycles. The van der Waals surface area contributed by atoms with Gasteiger partial charge in [-0.15, -0.1) is 0 Å². The van der Waals surface area contributed by atoms with E-state index in [-0.39, 0.29) is 24.4 Å². The largest absolute Gasteiger partial charge is 0.365 e. The number of fused-ring (bicyclic) bond motifs is 1. The quantitative estimate of drug-likeness (QED) is 0.899. The molecule has 1 aliphatic carbocycles. The molecule has 4 rings (SSSR count). The molecule has 1 aliphatic heterocycles. The molecule has 1 aromatic carbocycles. The molecular weight excluding hydrogens is 340 g/mol. The van der Waals surface area contributed by atoms with Crippen molar-refractivity contribution in [2.75, 3.05) is 19.7 Å². The number of nitrogens with zero attached hydrogens (tertiary/aromatic N) is 3. The molecule has 2 fully saturated rings. The third-order valence-corrected chi connectivity index (χ3v) is 5.41. The van der Waals surface area contributed by atoms with Crippen LogP contribution >= 0.6 is 11.7 Å². The average molecular weight is 360 g/mol. The number of morpholine rings is 1. The number of carbonyl (C=O) groups excluding carboxylic acids is 2. The van der Waals surface area contributed by atoms with Gasteiger partial charge in [-0.1, -0.05) is 12.8 Å². The van der Waals surface area contributed by atoms with E-state index in [4.69, 9.17) is 4.74 Å². The topological polar surface area (TPSA) is 84.4 Å². The van der Waals surface area contributed by atoms with Crippen LogP contribution in [0.1, 0.15) is 36.0 Å². The van der Waals surface area contributed by atoms with E-state index in [2.05, 4.69) is 14.1 Å². The van der Waals surface area contributed by atoms with Crippen molar-refractivity contribution in [1.82, 2.24) is 19.0 Å². The van der Waals surface area contributed by atoms with E-state index in [1.54, 1.807) is 23.1 Å². The second-order valence-corrected chi connectivity index (χ2v) is 7.10. The molecular formula is C17H20N4O3S. The minimum atomic E-state index is -0.594. The van der Waals surface area contributed by atoms with Gasteiger partial charge in [-0.3, -0.25) is 9.59 Å². The van der Waals surface area contributed by atoms with Crippen LogP contribution in [0, 0.1) is 0 Å². The summed E-state index contributed by atoms with van der Waals surface area (Å²) in [5.74, 6) is -0.208. The molecule has 2 heterocycles. The summed E-state index contributed by atoms with van der Waals surface area (Å²) in [6.07, 6.45) is 3.79. The molecule has 0 radical (unpaired) electrons. The van der Waals surface area contributed by atoms with Gasteiger partial charge in [0.25, 0.3) is 11.8 Å². The minimum Gasteiger partial charge on any atom is -0.365 e. The smallest absolute Gasteiger partial charge is 0.254 e. The normalized spacial score (nSPS) is 21.6. The summed E-state index contributed by atoms with van der Waals surface area (Å²) < 4.78 is 13.9. The van der Waals surface area contributed by atoms with Gasteiger partial charge >= 0.3 is 0 Å². The number of rotatable bonds is 3. The Kier molecular flexibility index (Phi) is 4.63. The molecule has 1 saturated carbocycles. The first-order valence-electron chi connectivity index (χ1n) is 8.64. The lowest BCUT2D eigenvalue weighted by Gasteiger charge is -2.32. The molecule has 0 bridgehead atoms. The van der Waals surface area contributed by atoms with Gasteiger partial charge < -0.3 is 15.0 Å². The lowest BCUT2D eigenvalue weighted by atomic mass is 10.1. The number of nitrogens with one attached hydrogen (secondary N) is 1. The number of amides is 2. The van der Waals surface area contributed by atoms with E-state index in [1.165, 1.54) is 0 Å². The van der Waals surface area contributed by atoms with Crippen LogP contribution in [0.15, 0.2) is 18.2 Å². The highest BCUT2D eigenvalue weighted by Gasteiger charge is 2.31. The zero-order valence-corrected chi connectivity index (χ0v) is 14.6. The van der Waals surface area contributed by atoms with Crippen molar-refractivity contribution in [3.63, 3.8) is 0 Å². The van der Waals surface area contributed by atoms with Crippen molar-refractivity contribution in [1.29, 1.82) is 0 Å². The molecule has 1 atom stereocenters. The van der Waals surface area contributed by atoms with Gasteiger partial charge in [0.1, 0.15) is 11.0 Å². The van der Waals surface area contributed by atoms with Crippen molar-refractivity contribution in [3.05, 3.63) is 23.8 Å². The van der Waals surface area contributed by atoms with Crippen LogP contribution in [-0.4, -0.2) is 57.3 Å². The summed E-state index contributed by atoms with van der Waals surface area (Å²) in [4.78, 5) is 26.9. The van der Waals surface area contributed by atoms with Gasteiger partial charge in [-0.25, -0.2) is 0 Å². The molecule has 0 unspecified atom stereocenters. The predicted molar refractivity (Wildman–Crippen MR) is 93.5 cm³/mol. The Hall–Kier alpha value is -2.06. The van der Waals surface area contributed by atoms with E-state index in [9.17, 15) is 9.59 Å². The van der Waals surface area contributed by atoms with Crippen LogP contribution in [0.25, 0.3) is 11.0 Å². The highest BCUT2D eigenvalue weighted by Crippen LogP contribution is 2.19. The van der Waals surface area contributed by atoms with Crippen molar-refractivity contribution in [3.8, 4) is 0 Å². The molecule has 2 aromatic rings. The van der Waals surface area contributed by atoms with Gasteiger partial charge in [0.05, 0.1) is 24.9 Å². The maximum atomic E-state index is 12.8. The molecule has 1 aromatic heterocycles. The average Bonchev–Trinajstić information content (AvgIpc) is 3.32. The second kappa shape index (κ2) is 7.05. The fraction of sp³-hybridized carbons (Fsp3) is 0.529. The van der Waals surface area contributed by atoms with Crippen LogP contribution in [0.5, 0.6) is 0 Å². The van der Waals surface area contributed by atoms with Crippen LogP contribution in [0.4, 0.5) is 0 Å². The second-order valence-electron chi connectivity index (χ2n) is 6.57. The van der Waals surface area contributed by atoms with E-state index >= 15 is 0 Å². The highest BCUT2D eigenvalue weighted by atomic mass is 32.1. The van der Waals surface area contributed by atoms with E-state index in [0.717, 1.165) is 48.4 Å². The van der Waals surface area contributed by atoms with Gasteiger partial charge in [0.15, 0.2) is 6.10 Å². The zero-order chi connectivity index (χ0) is 17.2. The van der Waals surface area contributed by atoms with Gasteiger partial charge in [-0.05, 0) is 31.0 Å². The third kappa shape index (κ3) is 3.50. The van der Waals surface area contributed by atoms with Crippen molar-refractivity contribution >= 4 is 34.6 Å². The Morgan fingerprint density at radius 2 is 2.00 bits per heavy atom. The number of benzene rings is 1. The van der Waals surface area contributed by atoms with Crippen LogP contribution < -0.4 is 5.32 Å². The van der Waals surface area contributed by atoms with Crippen LogP contribution in [0.2, 0.25) is 0 Å². The molecule has 7 nitrogen and oxygen atoms in total. The molecule has 2 amide bonds. The predicted octanol–water partition coefficient (Wildman–Crippen LogP) is 1.59. The SMILES string of the molecule is O=C(NC1CCCC1)[C@@H]1CN(C(=O)c2ccc3nsnc3c2)CCO1. The number of hydrogen-bond acceptors (Lipinski definition) is 6. The summed E-state index contributed by atoms with van der Waals surface area (Å²) in [6.45, 7) is 1.14. The zero-order valence-electron chi connectivity index (χ0n) is 13.8. The Morgan fingerprint density at radius 1 is 1.20 bits per heavy atom. The fourth-order valence-corrected chi connectivity index (χ4v) is 3.97. The maximum Gasteiger partial charge on any atom is 0.254 e. The summed E-state index contributed by atoms with van der Waals surface area (Å²) >= 11 is 1.13. The monoisotopic (exact) mass is 360 g/mol. The van der Waals surface area contributed by atoms with Gasteiger partial charge in [0.2, 0.25) is 0 Å². The van der Waals surface area contributed by atoms with Gasteiger partial charge in [0, 0.05) is 18.2 Å². The molecule has 132 valence electrons. The van der Waals surface area contributed by atoms with E-state index < -0.39 is 6.10 Å². The lowest BCUT2D eigenvalue weighted by Crippen LogP contribution is -2.52. The molecule has 2 aliphatic rings. The standard InChI is InChI=1S/C17H20N4O3S/c22-16(18-12-3-1-2-4-12)15-10-21(7-8-24-15)17(23)11-5-6-13-14(9-11)20-25-19-13/h5-6,9,12,15H,1-4,7-8,10H2,(H,18,22)/t15-/m0/s1. The summed E-state index contributed by atoms with van der Waals surface area (Å²) in [6, 6.07) is 5.57. The van der Waals surface area contributed by atoms with E-state index in [1.807, 2.05) is 0 Å². The third-order valence-electron chi connectivity index (χ3n) is 4.85. The summed E-state index contributed by atoms with van der Waals surface area (Å²) in [5, 5.41) is 3.05.